The van der Waals surface area contributed by atoms with E-state index in [1.807, 2.05) is 30.5 Å². The standard InChI is InChI=1S/C22H20N2O3S/c1-15-4-6-16(7-5-15)19(25)12-13-21(26)23-17-8-10-18(11-9-17)24-22(27)20-3-2-14-28-20/h2-11,14H,12-13H2,1H3,(H,23,26)(H,24,27). The summed E-state index contributed by atoms with van der Waals surface area (Å²) in [5.74, 6) is -0.445. The van der Waals surface area contributed by atoms with Gasteiger partial charge >= 0.3 is 0 Å². The number of thiophene rings is 1. The summed E-state index contributed by atoms with van der Waals surface area (Å²) in [6.07, 6.45) is 0.271. The number of aryl methyl sites for hydroxylation is 1. The van der Waals surface area contributed by atoms with Crippen molar-refractivity contribution in [2.75, 3.05) is 10.6 Å². The number of hydrogen-bond acceptors (Lipinski definition) is 4. The normalized spacial score (nSPS) is 10.3. The first-order valence-corrected chi connectivity index (χ1v) is 9.74. The molecule has 28 heavy (non-hydrogen) atoms. The van der Waals surface area contributed by atoms with Gasteiger partial charge in [0.15, 0.2) is 5.78 Å². The van der Waals surface area contributed by atoms with E-state index in [9.17, 15) is 14.4 Å². The number of anilines is 2. The smallest absolute Gasteiger partial charge is 0.265 e. The zero-order chi connectivity index (χ0) is 19.9. The van der Waals surface area contributed by atoms with Crippen LogP contribution in [0.5, 0.6) is 0 Å². The molecule has 0 fully saturated rings. The molecule has 2 aromatic carbocycles. The molecular weight excluding hydrogens is 372 g/mol. The molecule has 0 bridgehead atoms. The van der Waals surface area contributed by atoms with E-state index < -0.39 is 0 Å². The van der Waals surface area contributed by atoms with E-state index in [4.69, 9.17) is 0 Å². The number of ketones is 1. The van der Waals surface area contributed by atoms with E-state index in [1.165, 1.54) is 11.3 Å². The number of carbonyl (C=O) groups is 3. The molecule has 2 amide bonds. The summed E-state index contributed by atoms with van der Waals surface area (Å²) in [6.45, 7) is 1.96. The number of benzene rings is 2. The zero-order valence-electron chi connectivity index (χ0n) is 15.4. The van der Waals surface area contributed by atoms with Crippen molar-refractivity contribution in [3.63, 3.8) is 0 Å². The highest BCUT2D eigenvalue weighted by atomic mass is 32.1. The Bertz CT molecular complexity index is 962. The predicted molar refractivity (Wildman–Crippen MR) is 112 cm³/mol. The van der Waals surface area contributed by atoms with Crippen LogP contribution in [0.15, 0.2) is 66.0 Å². The van der Waals surface area contributed by atoms with Gasteiger partial charge in [-0.05, 0) is 42.6 Å². The van der Waals surface area contributed by atoms with Crippen LogP contribution in [0.3, 0.4) is 0 Å². The Morgan fingerprint density at radius 3 is 2.07 bits per heavy atom. The summed E-state index contributed by atoms with van der Waals surface area (Å²) < 4.78 is 0. The fourth-order valence-corrected chi connectivity index (χ4v) is 3.19. The van der Waals surface area contributed by atoms with Crippen molar-refractivity contribution in [2.45, 2.75) is 19.8 Å². The van der Waals surface area contributed by atoms with E-state index in [1.54, 1.807) is 42.5 Å². The third-order valence-electron chi connectivity index (χ3n) is 4.12. The molecule has 3 rings (SSSR count). The van der Waals surface area contributed by atoms with E-state index >= 15 is 0 Å². The number of nitrogens with one attached hydrogen (secondary N) is 2. The third-order valence-corrected chi connectivity index (χ3v) is 4.99. The molecule has 0 saturated carbocycles. The van der Waals surface area contributed by atoms with Gasteiger partial charge in [0.25, 0.3) is 5.91 Å². The van der Waals surface area contributed by atoms with E-state index in [2.05, 4.69) is 10.6 Å². The van der Waals surface area contributed by atoms with Crippen molar-refractivity contribution in [1.29, 1.82) is 0 Å². The molecule has 3 aromatic rings. The van der Waals surface area contributed by atoms with Crippen LogP contribution in [0, 0.1) is 6.92 Å². The molecule has 0 aliphatic carbocycles. The number of hydrogen-bond donors (Lipinski definition) is 2. The highest BCUT2D eigenvalue weighted by Gasteiger charge is 2.10. The summed E-state index contributed by atoms with van der Waals surface area (Å²) >= 11 is 1.37. The summed E-state index contributed by atoms with van der Waals surface area (Å²) in [4.78, 5) is 36.9. The lowest BCUT2D eigenvalue weighted by atomic mass is 10.0. The van der Waals surface area contributed by atoms with Gasteiger partial charge in [-0.1, -0.05) is 35.9 Å². The fraction of sp³-hybridized carbons (Fsp3) is 0.136. The molecule has 0 aliphatic rings. The van der Waals surface area contributed by atoms with Crippen molar-refractivity contribution in [1.82, 2.24) is 0 Å². The number of Topliss-reactive ketones (excluding diaryl/α,β-unsaturated/α-hetero) is 1. The van der Waals surface area contributed by atoms with Crippen LogP contribution in [0.25, 0.3) is 0 Å². The molecule has 0 atom stereocenters. The van der Waals surface area contributed by atoms with Crippen LogP contribution in [-0.2, 0) is 4.79 Å². The largest absolute Gasteiger partial charge is 0.326 e. The molecule has 142 valence electrons. The van der Waals surface area contributed by atoms with E-state index in [-0.39, 0.29) is 30.4 Å². The molecule has 1 aromatic heterocycles. The summed E-state index contributed by atoms with van der Waals surface area (Å²) in [5.41, 5.74) is 2.96. The molecule has 0 spiro atoms. The van der Waals surface area contributed by atoms with Crippen molar-refractivity contribution < 1.29 is 14.4 Å². The molecule has 2 N–H and O–H groups in total. The first-order chi connectivity index (χ1) is 13.5. The van der Waals surface area contributed by atoms with Crippen LogP contribution in [0.1, 0.15) is 38.4 Å². The number of amides is 2. The van der Waals surface area contributed by atoms with Gasteiger partial charge in [0.1, 0.15) is 0 Å². The first-order valence-electron chi connectivity index (χ1n) is 8.86. The second-order valence-corrected chi connectivity index (χ2v) is 7.29. The lowest BCUT2D eigenvalue weighted by Gasteiger charge is -2.07. The van der Waals surface area contributed by atoms with Gasteiger partial charge in [0, 0.05) is 29.8 Å². The minimum absolute atomic E-state index is 0.0539. The van der Waals surface area contributed by atoms with Crippen molar-refractivity contribution in [2.24, 2.45) is 0 Å². The highest BCUT2D eigenvalue weighted by molar-refractivity contribution is 7.12. The molecule has 0 aliphatic heterocycles. The second-order valence-electron chi connectivity index (χ2n) is 6.35. The van der Waals surface area contributed by atoms with Crippen LogP contribution in [0.2, 0.25) is 0 Å². The zero-order valence-corrected chi connectivity index (χ0v) is 16.2. The minimum Gasteiger partial charge on any atom is -0.326 e. The topological polar surface area (TPSA) is 75.3 Å². The summed E-state index contributed by atoms with van der Waals surface area (Å²) in [6, 6.07) is 17.8. The number of carbonyl (C=O) groups excluding carboxylic acids is 3. The Balaban J connectivity index is 1.48. The predicted octanol–water partition coefficient (Wildman–Crippen LogP) is 4.91. The average Bonchev–Trinajstić information content (AvgIpc) is 3.23. The maximum atomic E-state index is 12.1. The first kappa shape index (κ1) is 19.5. The minimum atomic E-state index is -0.226. The van der Waals surface area contributed by atoms with Crippen LogP contribution in [0.4, 0.5) is 11.4 Å². The fourth-order valence-electron chi connectivity index (χ4n) is 2.57. The van der Waals surface area contributed by atoms with E-state index in [0.717, 1.165) is 5.56 Å². The quantitative estimate of drug-likeness (QED) is 0.561. The van der Waals surface area contributed by atoms with Gasteiger partial charge in [-0.3, -0.25) is 14.4 Å². The second kappa shape index (κ2) is 9.10. The monoisotopic (exact) mass is 392 g/mol. The van der Waals surface area contributed by atoms with Gasteiger partial charge in [-0.2, -0.15) is 0 Å². The maximum absolute atomic E-state index is 12.1. The summed E-state index contributed by atoms with van der Waals surface area (Å²) in [7, 11) is 0. The van der Waals surface area contributed by atoms with Crippen molar-refractivity contribution in [3.05, 3.63) is 82.0 Å². The lowest BCUT2D eigenvalue weighted by molar-refractivity contribution is -0.116. The van der Waals surface area contributed by atoms with Crippen LogP contribution in [-0.4, -0.2) is 17.6 Å². The highest BCUT2D eigenvalue weighted by Crippen LogP contribution is 2.17. The Morgan fingerprint density at radius 1 is 0.821 bits per heavy atom. The van der Waals surface area contributed by atoms with Gasteiger partial charge < -0.3 is 10.6 Å². The van der Waals surface area contributed by atoms with Gasteiger partial charge in [0.05, 0.1) is 4.88 Å². The molecule has 0 saturated heterocycles. The lowest BCUT2D eigenvalue weighted by Crippen LogP contribution is -2.14. The maximum Gasteiger partial charge on any atom is 0.265 e. The van der Waals surface area contributed by atoms with Crippen molar-refractivity contribution in [3.8, 4) is 0 Å². The van der Waals surface area contributed by atoms with Gasteiger partial charge in [0.2, 0.25) is 5.91 Å². The third kappa shape index (κ3) is 5.37. The van der Waals surface area contributed by atoms with Crippen LogP contribution < -0.4 is 10.6 Å². The molecule has 0 unspecified atom stereocenters. The van der Waals surface area contributed by atoms with Crippen LogP contribution >= 0.6 is 11.3 Å². The Kier molecular flexibility index (Phi) is 6.34. The molecule has 5 nitrogen and oxygen atoms in total. The number of rotatable bonds is 7. The average molecular weight is 392 g/mol. The SMILES string of the molecule is Cc1ccc(C(=O)CCC(=O)Nc2ccc(NC(=O)c3cccs3)cc2)cc1. The van der Waals surface area contributed by atoms with Crippen molar-refractivity contribution >= 4 is 40.3 Å². The molecule has 6 heteroatoms. The molecule has 0 radical (unpaired) electrons. The molecular formula is C22H20N2O3S. The Labute approximate surface area is 167 Å². The Morgan fingerprint density at radius 2 is 1.46 bits per heavy atom. The summed E-state index contributed by atoms with van der Waals surface area (Å²) in [5, 5.41) is 7.41. The van der Waals surface area contributed by atoms with E-state index in [0.29, 0.717) is 21.8 Å². The molecule has 1 heterocycles. The van der Waals surface area contributed by atoms with Gasteiger partial charge in [-0.25, -0.2) is 0 Å². The Hall–Kier alpha value is -3.25. The van der Waals surface area contributed by atoms with Gasteiger partial charge in [-0.15, -0.1) is 11.3 Å².